The quantitative estimate of drug-likeness (QED) is 0.890. The molecule has 0 unspecified atom stereocenters. The number of amides is 1. The van der Waals surface area contributed by atoms with E-state index >= 15 is 0 Å². The largest absolute Gasteiger partial charge is 0.338 e. The molecular formula is C15H22N2O. The maximum absolute atomic E-state index is 12.0. The maximum Gasteiger partial charge on any atom is 0.222 e. The van der Waals surface area contributed by atoms with E-state index in [4.69, 9.17) is 5.73 Å². The number of rotatable bonds is 3. The van der Waals surface area contributed by atoms with E-state index in [0.29, 0.717) is 18.9 Å². The molecule has 0 atom stereocenters. The summed E-state index contributed by atoms with van der Waals surface area (Å²) in [5.74, 6) is 0.303. The van der Waals surface area contributed by atoms with Gasteiger partial charge in [0.2, 0.25) is 5.91 Å². The number of nitrogens with two attached hydrogens (primary N) is 1. The molecule has 0 aliphatic carbocycles. The topological polar surface area (TPSA) is 46.3 Å². The molecule has 0 bridgehead atoms. The second-order valence-corrected chi connectivity index (χ2v) is 5.00. The van der Waals surface area contributed by atoms with Crippen LogP contribution in [0.3, 0.4) is 0 Å². The minimum atomic E-state index is 0.303. The average molecular weight is 246 g/mol. The Kier molecular flexibility index (Phi) is 4.76. The van der Waals surface area contributed by atoms with E-state index in [0.717, 1.165) is 31.5 Å². The second kappa shape index (κ2) is 6.55. The van der Waals surface area contributed by atoms with Crippen molar-refractivity contribution >= 4 is 5.91 Å². The molecule has 1 aromatic carbocycles. The number of hydrogen-bond donors (Lipinski definition) is 1. The zero-order valence-corrected chi connectivity index (χ0v) is 10.9. The van der Waals surface area contributed by atoms with Crippen LogP contribution in [-0.4, -0.2) is 17.4 Å². The molecule has 0 saturated carbocycles. The van der Waals surface area contributed by atoms with Crippen LogP contribution >= 0.6 is 0 Å². The first-order chi connectivity index (χ1) is 8.79. The summed E-state index contributed by atoms with van der Waals surface area (Å²) in [7, 11) is 0. The van der Waals surface area contributed by atoms with E-state index in [2.05, 4.69) is 12.1 Å². The first-order valence-electron chi connectivity index (χ1n) is 6.85. The van der Waals surface area contributed by atoms with Crippen molar-refractivity contribution in [2.75, 3.05) is 6.54 Å². The first-order valence-corrected chi connectivity index (χ1v) is 6.85. The summed E-state index contributed by atoms with van der Waals surface area (Å²) in [6.45, 7) is 2.21. The third-order valence-electron chi connectivity index (χ3n) is 3.55. The van der Waals surface area contributed by atoms with E-state index in [9.17, 15) is 4.79 Å². The molecule has 18 heavy (non-hydrogen) atoms. The van der Waals surface area contributed by atoms with Gasteiger partial charge in [-0.2, -0.15) is 0 Å². The number of hydrogen-bond acceptors (Lipinski definition) is 2. The van der Waals surface area contributed by atoms with Gasteiger partial charge in [-0.05, 0) is 24.0 Å². The van der Waals surface area contributed by atoms with Crippen molar-refractivity contribution in [3.8, 4) is 0 Å². The third kappa shape index (κ3) is 3.57. The van der Waals surface area contributed by atoms with Crippen LogP contribution in [0, 0.1) is 0 Å². The predicted octanol–water partition coefficient (Wildman–Crippen LogP) is 2.44. The van der Waals surface area contributed by atoms with Crippen LogP contribution in [0.15, 0.2) is 24.3 Å². The summed E-state index contributed by atoms with van der Waals surface area (Å²) in [4.78, 5) is 14.0. The van der Waals surface area contributed by atoms with Gasteiger partial charge in [-0.15, -0.1) is 0 Å². The fraction of sp³-hybridized carbons (Fsp3) is 0.533. The van der Waals surface area contributed by atoms with Crippen molar-refractivity contribution in [1.29, 1.82) is 0 Å². The van der Waals surface area contributed by atoms with Crippen molar-refractivity contribution in [1.82, 2.24) is 4.90 Å². The van der Waals surface area contributed by atoms with E-state index in [-0.39, 0.29) is 0 Å². The Hall–Kier alpha value is -1.35. The Morgan fingerprint density at radius 3 is 2.39 bits per heavy atom. The number of carbonyl (C=O) groups excluding carboxylic acids is 1. The Labute approximate surface area is 109 Å². The van der Waals surface area contributed by atoms with Crippen molar-refractivity contribution in [3.63, 3.8) is 0 Å². The van der Waals surface area contributed by atoms with Gasteiger partial charge in [-0.1, -0.05) is 37.1 Å². The highest BCUT2D eigenvalue weighted by Crippen LogP contribution is 2.15. The molecule has 0 aromatic heterocycles. The maximum atomic E-state index is 12.0. The van der Waals surface area contributed by atoms with Crippen LogP contribution in [0.4, 0.5) is 0 Å². The zero-order chi connectivity index (χ0) is 12.8. The second-order valence-electron chi connectivity index (χ2n) is 5.00. The average Bonchev–Trinajstić information content (AvgIpc) is 2.39. The lowest BCUT2D eigenvalue weighted by molar-refractivity contribution is -0.132. The van der Waals surface area contributed by atoms with Crippen molar-refractivity contribution in [2.24, 2.45) is 5.73 Å². The first kappa shape index (κ1) is 13.1. The van der Waals surface area contributed by atoms with Gasteiger partial charge < -0.3 is 10.6 Å². The number of carbonyl (C=O) groups is 1. The number of benzene rings is 1. The molecule has 1 amide bonds. The lowest BCUT2D eigenvalue weighted by Crippen LogP contribution is -2.32. The van der Waals surface area contributed by atoms with Crippen LogP contribution in [0.5, 0.6) is 0 Å². The summed E-state index contributed by atoms with van der Waals surface area (Å²) < 4.78 is 0. The van der Waals surface area contributed by atoms with E-state index in [1.165, 1.54) is 18.4 Å². The van der Waals surface area contributed by atoms with E-state index in [1.54, 1.807) is 0 Å². The minimum Gasteiger partial charge on any atom is -0.338 e. The van der Waals surface area contributed by atoms with Crippen LogP contribution < -0.4 is 5.73 Å². The van der Waals surface area contributed by atoms with Crippen molar-refractivity contribution in [3.05, 3.63) is 35.4 Å². The summed E-state index contributed by atoms with van der Waals surface area (Å²) in [6.07, 6.45) is 5.33. The Balaban J connectivity index is 1.98. The molecule has 1 saturated heterocycles. The molecule has 3 heteroatoms. The van der Waals surface area contributed by atoms with E-state index in [1.807, 2.05) is 17.0 Å². The van der Waals surface area contributed by atoms with Crippen LogP contribution in [0.25, 0.3) is 0 Å². The molecular weight excluding hydrogens is 224 g/mol. The standard InChI is InChI=1S/C15H22N2O/c16-11-13-6-8-14(9-7-13)12-17-10-4-2-1-3-5-15(17)18/h6-9H,1-5,10-12,16H2. The van der Waals surface area contributed by atoms with Crippen LogP contribution in [0.2, 0.25) is 0 Å². The Morgan fingerprint density at radius 2 is 1.67 bits per heavy atom. The fourth-order valence-corrected chi connectivity index (χ4v) is 2.38. The molecule has 3 nitrogen and oxygen atoms in total. The molecule has 0 spiro atoms. The number of likely N-dealkylation sites (tertiary alicyclic amines) is 1. The third-order valence-corrected chi connectivity index (χ3v) is 3.55. The zero-order valence-electron chi connectivity index (χ0n) is 10.9. The highest BCUT2D eigenvalue weighted by Gasteiger charge is 2.15. The molecule has 1 aliphatic heterocycles. The summed E-state index contributed by atoms with van der Waals surface area (Å²) in [6, 6.07) is 8.25. The highest BCUT2D eigenvalue weighted by molar-refractivity contribution is 5.76. The molecule has 2 rings (SSSR count). The van der Waals surface area contributed by atoms with E-state index < -0.39 is 0 Å². The van der Waals surface area contributed by atoms with Crippen LogP contribution in [-0.2, 0) is 17.9 Å². The van der Waals surface area contributed by atoms with Gasteiger partial charge in [-0.25, -0.2) is 0 Å². The van der Waals surface area contributed by atoms with Crippen molar-refractivity contribution in [2.45, 2.75) is 45.2 Å². The normalized spacial score (nSPS) is 17.4. The molecule has 98 valence electrons. The van der Waals surface area contributed by atoms with Crippen molar-refractivity contribution < 1.29 is 4.79 Å². The minimum absolute atomic E-state index is 0.303. The fourth-order valence-electron chi connectivity index (χ4n) is 2.38. The van der Waals surface area contributed by atoms with Gasteiger partial charge in [0.1, 0.15) is 0 Å². The lowest BCUT2D eigenvalue weighted by atomic mass is 10.1. The molecule has 1 heterocycles. The Bertz CT molecular complexity index is 386. The number of nitrogens with zero attached hydrogens (tertiary/aromatic N) is 1. The van der Waals surface area contributed by atoms with Gasteiger partial charge in [0.25, 0.3) is 0 Å². The molecule has 1 fully saturated rings. The summed E-state index contributed by atoms with van der Waals surface area (Å²) in [5.41, 5.74) is 7.91. The smallest absolute Gasteiger partial charge is 0.222 e. The van der Waals surface area contributed by atoms with Gasteiger partial charge in [-0.3, -0.25) is 4.79 Å². The van der Waals surface area contributed by atoms with Gasteiger partial charge >= 0.3 is 0 Å². The van der Waals surface area contributed by atoms with Gasteiger partial charge in [0.05, 0.1) is 0 Å². The molecule has 0 radical (unpaired) electrons. The molecule has 1 aliphatic rings. The summed E-state index contributed by atoms with van der Waals surface area (Å²) >= 11 is 0. The van der Waals surface area contributed by atoms with Crippen LogP contribution in [0.1, 0.15) is 43.2 Å². The predicted molar refractivity (Wildman–Crippen MR) is 72.8 cm³/mol. The SMILES string of the molecule is NCc1ccc(CN2CCCCCCC2=O)cc1. The monoisotopic (exact) mass is 246 g/mol. The van der Waals surface area contributed by atoms with Gasteiger partial charge in [0.15, 0.2) is 0 Å². The lowest BCUT2D eigenvalue weighted by Gasteiger charge is -2.25. The molecule has 2 N–H and O–H groups in total. The summed E-state index contributed by atoms with van der Waals surface area (Å²) in [5, 5.41) is 0. The highest BCUT2D eigenvalue weighted by atomic mass is 16.2. The molecule has 1 aromatic rings. The van der Waals surface area contributed by atoms with Gasteiger partial charge in [0, 0.05) is 26.1 Å². The Morgan fingerprint density at radius 1 is 1.00 bits per heavy atom.